The van der Waals surface area contributed by atoms with Crippen LogP contribution < -0.4 is 15.8 Å². The van der Waals surface area contributed by atoms with Crippen LogP contribution in [0.5, 0.6) is 5.75 Å². The predicted molar refractivity (Wildman–Crippen MR) is 117 cm³/mol. The molecule has 6 heteroatoms. The molecule has 1 aliphatic carbocycles. The summed E-state index contributed by atoms with van der Waals surface area (Å²) in [6, 6.07) is 5.32. The van der Waals surface area contributed by atoms with Crippen LogP contribution >= 0.6 is 0 Å². The van der Waals surface area contributed by atoms with Gasteiger partial charge in [0.2, 0.25) is 0 Å². The first kappa shape index (κ1) is 20.2. The molecular formula is C23H34N4O2. The maximum Gasteiger partial charge on any atom is 0.347 e. The van der Waals surface area contributed by atoms with Crippen molar-refractivity contribution < 1.29 is 9.53 Å². The average Bonchev–Trinajstić information content (AvgIpc) is 3.21. The molecular weight excluding hydrogens is 364 g/mol. The Hall–Kier alpha value is -2.08. The zero-order chi connectivity index (χ0) is 20.1. The molecule has 1 aromatic carbocycles. The molecule has 3 aliphatic rings. The number of nitrogens with one attached hydrogen (secondary N) is 1. The largest absolute Gasteiger partial charge is 0.493 e. The van der Waals surface area contributed by atoms with E-state index >= 15 is 0 Å². The Morgan fingerprint density at radius 1 is 1.21 bits per heavy atom. The summed E-state index contributed by atoms with van der Waals surface area (Å²) in [5, 5.41) is 2.85. The predicted octanol–water partition coefficient (Wildman–Crippen LogP) is 4.19. The smallest absolute Gasteiger partial charge is 0.347 e. The Morgan fingerprint density at radius 3 is 2.93 bits per heavy atom. The molecule has 1 aromatic rings. The first-order chi connectivity index (χ1) is 14.2. The number of aliphatic imine (C=N–C) groups is 1. The van der Waals surface area contributed by atoms with Gasteiger partial charge in [0.25, 0.3) is 0 Å². The minimum Gasteiger partial charge on any atom is -0.493 e. The van der Waals surface area contributed by atoms with Gasteiger partial charge in [0.15, 0.2) is 0 Å². The molecule has 2 fully saturated rings. The summed E-state index contributed by atoms with van der Waals surface area (Å²) in [4.78, 5) is 19.0. The molecule has 0 radical (unpaired) electrons. The van der Waals surface area contributed by atoms with E-state index in [1.807, 2.05) is 18.2 Å². The molecule has 0 spiro atoms. The van der Waals surface area contributed by atoms with E-state index in [1.165, 1.54) is 38.5 Å². The van der Waals surface area contributed by atoms with E-state index in [0.717, 1.165) is 61.8 Å². The van der Waals surface area contributed by atoms with Gasteiger partial charge >= 0.3 is 6.03 Å². The number of ether oxygens (including phenoxy) is 1. The number of nitrogens with two attached hydrogens (primary N) is 1. The van der Waals surface area contributed by atoms with Crippen molar-refractivity contribution in [3.63, 3.8) is 0 Å². The highest BCUT2D eigenvalue weighted by Gasteiger charge is 2.24. The molecule has 0 aromatic heterocycles. The van der Waals surface area contributed by atoms with Crippen molar-refractivity contribution in [2.45, 2.75) is 57.8 Å². The van der Waals surface area contributed by atoms with E-state index in [4.69, 9.17) is 10.5 Å². The zero-order valence-corrected chi connectivity index (χ0v) is 17.4. The third kappa shape index (κ3) is 5.50. The number of hydrogen-bond acceptors (Lipinski definition) is 3. The lowest BCUT2D eigenvalue weighted by atomic mass is 9.86. The molecule has 2 heterocycles. The molecule has 1 atom stereocenters. The standard InChI is InChI=1S/C23H34N4O2/c24-22(26-23(28)25-20-8-9-21-18(15-20)11-14-29-21)19-7-4-12-27(16-19)13-10-17-5-2-1-3-6-17/h8-9,15,17,19H,1-7,10-14,16H2,(H3,24,25,26,28). The van der Waals surface area contributed by atoms with Crippen molar-refractivity contribution >= 4 is 17.6 Å². The molecule has 2 aliphatic heterocycles. The zero-order valence-electron chi connectivity index (χ0n) is 17.4. The van der Waals surface area contributed by atoms with Crippen LogP contribution in [0.25, 0.3) is 0 Å². The van der Waals surface area contributed by atoms with Crippen LogP contribution in [0.15, 0.2) is 23.2 Å². The lowest BCUT2D eigenvalue weighted by Gasteiger charge is -2.33. The van der Waals surface area contributed by atoms with Gasteiger partial charge in [-0.1, -0.05) is 32.1 Å². The fourth-order valence-electron chi connectivity index (χ4n) is 4.97. The monoisotopic (exact) mass is 398 g/mol. The fourth-order valence-corrected chi connectivity index (χ4v) is 4.97. The Kier molecular flexibility index (Phi) is 6.70. The number of benzene rings is 1. The van der Waals surface area contributed by atoms with Gasteiger partial charge in [0, 0.05) is 24.6 Å². The molecule has 6 nitrogen and oxygen atoms in total. The number of likely N-dealkylation sites (tertiary alicyclic amines) is 1. The van der Waals surface area contributed by atoms with Crippen LogP contribution in [0.4, 0.5) is 10.5 Å². The first-order valence-corrected chi connectivity index (χ1v) is 11.3. The summed E-state index contributed by atoms with van der Waals surface area (Å²) < 4.78 is 5.51. The van der Waals surface area contributed by atoms with Crippen LogP contribution in [0, 0.1) is 11.8 Å². The number of hydrogen-bond donors (Lipinski definition) is 2. The van der Waals surface area contributed by atoms with Gasteiger partial charge in [0.1, 0.15) is 11.6 Å². The summed E-state index contributed by atoms with van der Waals surface area (Å²) in [6.07, 6.45) is 11.3. The van der Waals surface area contributed by atoms with E-state index in [1.54, 1.807) is 0 Å². The molecule has 0 bridgehead atoms. The lowest BCUT2D eigenvalue weighted by molar-refractivity contribution is 0.182. The molecule has 4 rings (SSSR count). The number of carbonyl (C=O) groups excluding carboxylic acids is 1. The third-order valence-corrected chi connectivity index (χ3v) is 6.67. The summed E-state index contributed by atoms with van der Waals surface area (Å²) >= 11 is 0. The van der Waals surface area contributed by atoms with Crippen LogP contribution in [0.2, 0.25) is 0 Å². The van der Waals surface area contributed by atoms with Gasteiger partial charge in [-0.3, -0.25) is 0 Å². The quantitative estimate of drug-likeness (QED) is 0.576. The molecule has 29 heavy (non-hydrogen) atoms. The van der Waals surface area contributed by atoms with E-state index in [0.29, 0.717) is 12.4 Å². The van der Waals surface area contributed by atoms with Gasteiger partial charge in [-0.2, -0.15) is 4.99 Å². The number of nitrogens with zero attached hydrogens (tertiary/aromatic N) is 2. The number of anilines is 1. The Morgan fingerprint density at radius 2 is 2.07 bits per heavy atom. The number of piperidine rings is 1. The maximum absolute atomic E-state index is 12.4. The third-order valence-electron chi connectivity index (χ3n) is 6.67. The lowest BCUT2D eigenvalue weighted by Crippen LogP contribution is -2.42. The van der Waals surface area contributed by atoms with Gasteiger partial charge < -0.3 is 20.7 Å². The molecule has 2 amide bonds. The van der Waals surface area contributed by atoms with Crippen molar-refractivity contribution in [1.82, 2.24) is 4.90 Å². The minimum atomic E-state index is -0.388. The number of amidine groups is 1. The molecule has 1 unspecified atom stereocenters. The highest BCUT2D eigenvalue weighted by atomic mass is 16.5. The number of fused-ring (bicyclic) bond motifs is 1. The van der Waals surface area contributed by atoms with Crippen LogP contribution in [0.1, 0.15) is 56.9 Å². The summed E-state index contributed by atoms with van der Waals surface area (Å²) in [5.41, 5.74) is 8.11. The highest BCUT2D eigenvalue weighted by Crippen LogP contribution is 2.28. The SMILES string of the molecule is N/C(=N\C(=O)Nc1ccc2c(c1)CCO2)C1CCCN(CCC2CCCCC2)C1. The summed E-state index contributed by atoms with van der Waals surface area (Å²) in [7, 11) is 0. The van der Waals surface area contributed by atoms with E-state index in [-0.39, 0.29) is 11.9 Å². The van der Waals surface area contributed by atoms with Crippen LogP contribution in [-0.2, 0) is 6.42 Å². The normalized spacial score (nSPS) is 23.4. The van der Waals surface area contributed by atoms with Crippen molar-refractivity contribution in [3.8, 4) is 5.75 Å². The van der Waals surface area contributed by atoms with Gasteiger partial charge in [-0.25, -0.2) is 4.79 Å². The second-order valence-corrected chi connectivity index (χ2v) is 8.82. The van der Waals surface area contributed by atoms with Crippen LogP contribution in [-0.4, -0.2) is 43.0 Å². The van der Waals surface area contributed by atoms with Crippen molar-refractivity contribution in [1.29, 1.82) is 0 Å². The summed E-state index contributed by atoms with van der Waals surface area (Å²) in [5.74, 6) is 2.45. The fraction of sp³-hybridized carbons (Fsp3) is 0.652. The van der Waals surface area contributed by atoms with Gasteiger partial charge in [-0.05, 0) is 62.0 Å². The van der Waals surface area contributed by atoms with Crippen molar-refractivity contribution in [2.75, 3.05) is 31.6 Å². The molecule has 158 valence electrons. The number of urea groups is 1. The van der Waals surface area contributed by atoms with E-state index in [2.05, 4.69) is 15.2 Å². The number of carbonyl (C=O) groups is 1. The molecule has 1 saturated heterocycles. The minimum absolute atomic E-state index is 0.175. The molecule has 1 saturated carbocycles. The first-order valence-electron chi connectivity index (χ1n) is 11.3. The second-order valence-electron chi connectivity index (χ2n) is 8.82. The number of amides is 2. The van der Waals surface area contributed by atoms with Gasteiger partial charge in [0.05, 0.1) is 6.61 Å². The van der Waals surface area contributed by atoms with Crippen molar-refractivity contribution in [2.24, 2.45) is 22.6 Å². The highest BCUT2D eigenvalue weighted by molar-refractivity contribution is 6.00. The van der Waals surface area contributed by atoms with E-state index < -0.39 is 0 Å². The van der Waals surface area contributed by atoms with Crippen LogP contribution in [0.3, 0.4) is 0 Å². The summed E-state index contributed by atoms with van der Waals surface area (Å²) in [6.45, 7) is 3.92. The second kappa shape index (κ2) is 9.61. The van der Waals surface area contributed by atoms with Gasteiger partial charge in [-0.15, -0.1) is 0 Å². The Bertz CT molecular complexity index is 742. The number of rotatable bonds is 5. The average molecular weight is 399 g/mol. The van der Waals surface area contributed by atoms with E-state index in [9.17, 15) is 4.79 Å². The Labute approximate surface area is 173 Å². The molecule has 3 N–H and O–H groups in total. The maximum atomic E-state index is 12.4. The van der Waals surface area contributed by atoms with Crippen molar-refractivity contribution in [3.05, 3.63) is 23.8 Å². The topological polar surface area (TPSA) is 79.9 Å². The Balaban J connectivity index is 1.27.